The quantitative estimate of drug-likeness (QED) is 0.749. The first-order valence-electron chi connectivity index (χ1n) is 4.85. The molecule has 2 aromatic rings. The second-order valence-corrected chi connectivity index (χ2v) is 3.84. The Labute approximate surface area is 98.6 Å². The number of nitrogens with zero attached hydrogens (tertiary/aromatic N) is 4. The van der Waals surface area contributed by atoms with Gasteiger partial charge in [0.15, 0.2) is 11.6 Å². The highest BCUT2D eigenvalue weighted by molar-refractivity contribution is 6.30. The molecule has 0 atom stereocenters. The number of rotatable bonds is 2. The van der Waals surface area contributed by atoms with Gasteiger partial charge in [0.2, 0.25) is 0 Å². The van der Waals surface area contributed by atoms with Crippen molar-refractivity contribution in [2.45, 2.75) is 13.8 Å². The van der Waals surface area contributed by atoms with Gasteiger partial charge < -0.3 is 0 Å². The maximum Gasteiger partial charge on any atom is 0.151 e. The molecule has 1 aromatic heterocycles. The molecule has 0 aliphatic heterocycles. The molecule has 0 fully saturated rings. The van der Waals surface area contributed by atoms with E-state index in [1.807, 2.05) is 38.1 Å². The van der Waals surface area contributed by atoms with Gasteiger partial charge in [-0.3, -0.25) is 0 Å². The highest BCUT2D eigenvalue weighted by Gasteiger charge is 2.00. The molecule has 0 aliphatic carbocycles. The molecule has 1 aromatic carbocycles. The molecule has 2 rings (SSSR count). The average Bonchev–Trinajstić information content (AvgIpc) is 2.59. The van der Waals surface area contributed by atoms with Gasteiger partial charge in [0.1, 0.15) is 0 Å². The summed E-state index contributed by atoms with van der Waals surface area (Å²) < 4.78 is 1.69. The molecule has 0 bridgehead atoms. The van der Waals surface area contributed by atoms with Gasteiger partial charge in [-0.25, -0.2) is 4.68 Å². The maximum atomic E-state index is 5.79. The Morgan fingerprint density at radius 2 is 1.69 bits per heavy atom. The van der Waals surface area contributed by atoms with Crippen molar-refractivity contribution in [1.82, 2.24) is 14.9 Å². The summed E-state index contributed by atoms with van der Waals surface area (Å²) in [5, 5.41) is 12.8. The molecule has 0 radical (unpaired) electrons. The van der Waals surface area contributed by atoms with E-state index < -0.39 is 0 Å². The van der Waals surface area contributed by atoms with Gasteiger partial charge in [0.25, 0.3) is 0 Å². The summed E-state index contributed by atoms with van der Waals surface area (Å²) >= 11 is 5.79. The molecule has 0 unspecified atom stereocenters. The smallest absolute Gasteiger partial charge is 0.151 e. The lowest BCUT2D eigenvalue weighted by atomic mass is 10.2. The number of aromatic nitrogens is 3. The fourth-order valence-electron chi connectivity index (χ4n) is 1.30. The predicted octanol–water partition coefficient (Wildman–Crippen LogP) is 2.43. The van der Waals surface area contributed by atoms with Crippen LogP contribution < -0.4 is 0 Å². The van der Waals surface area contributed by atoms with Gasteiger partial charge in [-0.2, -0.15) is 5.10 Å². The van der Waals surface area contributed by atoms with Crippen LogP contribution in [0.3, 0.4) is 0 Å². The van der Waals surface area contributed by atoms with Crippen LogP contribution in [0.25, 0.3) is 0 Å². The van der Waals surface area contributed by atoms with Crippen molar-refractivity contribution in [2.75, 3.05) is 0 Å². The largest absolute Gasteiger partial charge is 0.202 e. The van der Waals surface area contributed by atoms with Crippen LogP contribution in [0.5, 0.6) is 0 Å². The van der Waals surface area contributed by atoms with Crippen molar-refractivity contribution in [3.63, 3.8) is 0 Å². The standard InChI is InChI=1S/C11H11ClN4/c1-8-14-15-9(2)16(8)13-7-10-3-5-11(12)6-4-10/h3-7H,1-2H3. The van der Waals surface area contributed by atoms with Crippen LogP contribution in [0.2, 0.25) is 5.02 Å². The number of aryl methyl sites for hydroxylation is 2. The zero-order valence-electron chi connectivity index (χ0n) is 9.05. The summed E-state index contributed by atoms with van der Waals surface area (Å²) in [4.78, 5) is 0. The van der Waals surface area contributed by atoms with E-state index in [1.165, 1.54) is 0 Å². The van der Waals surface area contributed by atoms with E-state index in [0.717, 1.165) is 17.2 Å². The van der Waals surface area contributed by atoms with Crippen LogP contribution in [-0.4, -0.2) is 21.1 Å². The van der Waals surface area contributed by atoms with Crippen molar-refractivity contribution in [3.8, 4) is 0 Å². The Morgan fingerprint density at radius 1 is 1.12 bits per heavy atom. The van der Waals surface area contributed by atoms with Crippen LogP contribution in [0, 0.1) is 13.8 Å². The third-order valence-corrected chi connectivity index (χ3v) is 2.40. The summed E-state index contributed by atoms with van der Waals surface area (Å²) in [5.74, 6) is 1.53. The molecule has 0 saturated heterocycles. The fraction of sp³-hybridized carbons (Fsp3) is 0.182. The van der Waals surface area contributed by atoms with Crippen molar-refractivity contribution in [3.05, 3.63) is 46.5 Å². The van der Waals surface area contributed by atoms with Crippen LogP contribution in [0.1, 0.15) is 17.2 Å². The van der Waals surface area contributed by atoms with E-state index in [2.05, 4.69) is 15.3 Å². The normalized spacial score (nSPS) is 11.2. The highest BCUT2D eigenvalue weighted by Crippen LogP contribution is 2.08. The Kier molecular flexibility index (Phi) is 3.01. The third kappa shape index (κ3) is 2.28. The SMILES string of the molecule is Cc1nnc(C)n1N=Cc1ccc(Cl)cc1. The van der Waals surface area contributed by atoms with E-state index >= 15 is 0 Å². The van der Waals surface area contributed by atoms with Crippen molar-refractivity contribution in [2.24, 2.45) is 5.10 Å². The van der Waals surface area contributed by atoms with E-state index in [-0.39, 0.29) is 0 Å². The van der Waals surface area contributed by atoms with Gasteiger partial charge >= 0.3 is 0 Å². The van der Waals surface area contributed by atoms with Gasteiger partial charge in [0, 0.05) is 5.02 Å². The van der Waals surface area contributed by atoms with Gasteiger partial charge in [-0.05, 0) is 31.5 Å². The summed E-state index contributed by atoms with van der Waals surface area (Å²) in [5.41, 5.74) is 0.983. The van der Waals surface area contributed by atoms with Crippen LogP contribution >= 0.6 is 11.6 Å². The molecule has 0 spiro atoms. The topological polar surface area (TPSA) is 43.1 Å². The first-order chi connectivity index (χ1) is 7.66. The molecule has 16 heavy (non-hydrogen) atoms. The monoisotopic (exact) mass is 234 g/mol. The first-order valence-corrected chi connectivity index (χ1v) is 5.23. The number of hydrogen-bond acceptors (Lipinski definition) is 3. The van der Waals surface area contributed by atoms with Gasteiger partial charge in [0.05, 0.1) is 6.21 Å². The molecule has 0 aliphatic rings. The van der Waals surface area contributed by atoms with Gasteiger partial charge in [-0.15, -0.1) is 10.2 Å². The Morgan fingerprint density at radius 3 is 2.25 bits per heavy atom. The molecular weight excluding hydrogens is 224 g/mol. The summed E-state index contributed by atoms with van der Waals surface area (Å²) in [6.45, 7) is 3.72. The Bertz CT molecular complexity index is 494. The van der Waals surface area contributed by atoms with E-state index in [0.29, 0.717) is 5.02 Å². The number of hydrogen-bond donors (Lipinski definition) is 0. The fourth-order valence-corrected chi connectivity index (χ4v) is 1.43. The molecule has 4 nitrogen and oxygen atoms in total. The zero-order chi connectivity index (χ0) is 11.5. The lowest BCUT2D eigenvalue weighted by Crippen LogP contribution is -1.96. The lowest BCUT2D eigenvalue weighted by Gasteiger charge is -1.97. The van der Waals surface area contributed by atoms with Crippen LogP contribution in [0.4, 0.5) is 0 Å². The Balaban J connectivity index is 2.24. The van der Waals surface area contributed by atoms with E-state index in [4.69, 9.17) is 11.6 Å². The molecule has 82 valence electrons. The van der Waals surface area contributed by atoms with Crippen molar-refractivity contribution < 1.29 is 0 Å². The third-order valence-electron chi connectivity index (χ3n) is 2.14. The average molecular weight is 235 g/mol. The predicted molar refractivity (Wildman–Crippen MR) is 63.9 cm³/mol. The van der Waals surface area contributed by atoms with Crippen LogP contribution in [0.15, 0.2) is 29.4 Å². The molecule has 5 heteroatoms. The number of benzene rings is 1. The lowest BCUT2D eigenvalue weighted by molar-refractivity contribution is 0.799. The van der Waals surface area contributed by atoms with E-state index in [9.17, 15) is 0 Å². The van der Waals surface area contributed by atoms with Gasteiger partial charge in [-0.1, -0.05) is 23.7 Å². The summed E-state index contributed by atoms with van der Waals surface area (Å²) in [6.07, 6.45) is 1.75. The maximum absolute atomic E-state index is 5.79. The molecular formula is C11H11ClN4. The molecule has 0 amide bonds. The second kappa shape index (κ2) is 4.45. The molecule has 0 saturated carbocycles. The number of halogens is 1. The molecule has 1 heterocycles. The van der Waals surface area contributed by atoms with Crippen molar-refractivity contribution >= 4 is 17.8 Å². The van der Waals surface area contributed by atoms with E-state index in [1.54, 1.807) is 10.9 Å². The minimum atomic E-state index is 0.716. The summed E-state index contributed by atoms with van der Waals surface area (Å²) in [7, 11) is 0. The van der Waals surface area contributed by atoms with Crippen LogP contribution in [-0.2, 0) is 0 Å². The Hall–Kier alpha value is -1.68. The van der Waals surface area contributed by atoms with Crippen molar-refractivity contribution in [1.29, 1.82) is 0 Å². The minimum Gasteiger partial charge on any atom is -0.202 e. The zero-order valence-corrected chi connectivity index (χ0v) is 9.81. The second-order valence-electron chi connectivity index (χ2n) is 3.40. The minimum absolute atomic E-state index is 0.716. The first kappa shape index (κ1) is 10.8. The summed E-state index contributed by atoms with van der Waals surface area (Å²) in [6, 6.07) is 7.46. The molecule has 0 N–H and O–H groups in total. The highest BCUT2D eigenvalue weighted by atomic mass is 35.5.